The van der Waals surface area contributed by atoms with Gasteiger partial charge in [0.05, 0.1) is 27.7 Å². The fraction of sp³-hybridized carbons (Fsp3) is 0.278. The second-order valence-electron chi connectivity index (χ2n) is 5.45. The molecule has 0 N–H and O–H groups in total. The van der Waals surface area contributed by atoms with Gasteiger partial charge in [-0.05, 0) is 56.1 Å². The zero-order chi connectivity index (χ0) is 21.4. The summed E-state index contributed by atoms with van der Waals surface area (Å²) in [6.45, 7) is 0.777. The van der Waals surface area contributed by atoms with Crippen molar-refractivity contribution in [2.24, 2.45) is 0 Å². The van der Waals surface area contributed by atoms with E-state index in [0.29, 0.717) is 33.5 Å². The molecule has 1 aromatic heterocycles. The van der Waals surface area contributed by atoms with E-state index in [2.05, 4.69) is 36.8 Å². The van der Waals surface area contributed by atoms with E-state index in [1.54, 1.807) is 12.1 Å². The average Bonchev–Trinajstić information content (AvgIpc) is 2.62. The molecule has 0 saturated carbocycles. The molecule has 0 aliphatic carbocycles. The highest BCUT2D eigenvalue weighted by molar-refractivity contribution is 9.11. The van der Waals surface area contributed by atoms with Crippen molar-refractivity contribution in [2.75, 3.05) is 19.8 Å². The molecule has 11 heteroatoms. The van der Waals surface area contributed by atoms with Crippen LogP contribution in [0.4, 0.5) is 13.2 Å². The van der Waals surface area contributed by atoms with Crippen LogP contribution in [0.5, 0.6) is 17.4 Å². The smallest absolute Gasteiger partial charge is 0.417 e. The second-order valence-corrected chi connectivity index (χ2v) is 8.17. The van der Waals surface area contributed by atoms with Gasteiger partial charge in [0.15, 0.2) is 0 Å². The molecule has 4 nitrogen and oxygen atoms in total. The van der Waals surface area contributed by atoms with Crippen LogP contribution < -0.4 is 14.2 Å². The van der Waals surface area contributed by atoms with Gasteiger partial charge >= 0.3 is 6.18 Å². The lowest BCUT2D eigenvalue weighted by molar-refractivity contribution is -0.137. The van der Waals surface area contributed by atoms with Gasteiger partial charge in [-0.2, -0.15) is 13.2 Å². The number of aromatic nitrogens is 1. The lowest BCUT2D eigenvalue weighted by Crippen LogP contribution is -2.08. The third-order valence-electron chi connectivity index (χ3n) is 3.31. The molecule has 0 bridgehead atoms. The summed E-state index contributed by atoms with van der Waals surface area (Å²) in [4.78, 5) is 3.64. The molecule has 29 heavy (non-hydrogen) atoms. The van der Waals surface area contributed by atoms with Crippen LogP contribution in [0.2, 0.25) is 0 Å². The maximum Gasteiger partial charge on any atom is 0.417 e. The number of alkyl halides is 3. The summed E-state index contributed by atoms with van der Waals surface area (Å²) in [5, 5.41) is 0. The molecule has 0 radical (unpaired) electrons. The topological polar surface area (TPSA) is 40.6 Å². The van der Waals surface area contributed by atoms with Crippen molar-refractivity contribution in [3.8, 4) is 17.4 Å². The highest BCUT2D eigenvalue weighted by atomic mass is 79.9. The van der Waals surface area contributed by atoms with E-state index in [1.807, 2.05) is 0 Å². The van der Waals surface area contributed by atoms with Gasteiger partial charge in [0, 0.05) is 18.7 Å². The van der Waals surface area contributed by atoms with Crippen LogP contribution in [0.3, 0.4) is 0 Å². The van der Waals surface area contributed by atoms with Crippen LogP contribution in [-0.2, 0) is 6.18 Å². The van der Waals surface area contributed by atoms with Crippen LogP contribution >= 0.6 is 55.1 Å². The fourth-order valence-electron chi connectivity index (χ4n) is 2.00. The van der Waals surface area contributed by atoms with Crippen LogP contribution in [0.1, 0.15) is 12.0 Å². The number of hydrogen-bond donors (Lipinski definition) is 0. The Morgan fingerprint density at radius 1 is 1.03 bits per heavy atom. The quantitative estimate of drug-likeness (QED) is 0.295. The Bertz CT molecular complexity index is 822. The molecule has 2 aromatic rings. The van der Waals surface area contributed by atoms with E-state index in [1.165, 1.54) is 12.1 Å². The third-order valence-corrected chi connectivity index (χ3v) is 4.79. The minimum absolute atomic E-state index is 0.118. The zero-order valence-electron chi connectivity index (χ0n) is 14.6. The van der Waals surface area contributed by atoms with E-state index in [-0.39, 0.29) is 23.6 Å². The first-order valence-corrected chi connectivity index (χ1v) is 10.4. The van der Waals surface area contributed by atoms with E-state index in [0.717, 1.165) is 12.3 Å². The molecule has 0 spiro atoms. The Morgan fingerprint density at radius 2 is 1.69 bits per heavy atom. The lowest BCUT2D eigenvalue weighted by Gasteiger charge is -2.13. The molecule has 0 unspecified atom stereocenters. The van der Waals surface area contributed by atoms with E-state index in [9.17, 15) is 13.2 Å². The van der Waals surface area contributed by atoms with Crippen LogP contribution in [-0.4, -0.2) is 24.8 Å². The molecule has 158 valence electrons. The summed E-state index contributed by atoms with van der Waals surface area (Å²) in [5.74, 6) is 1.28. The van der Waals surface area contributed by atoms with E-state index < -0.39 is 11.7 Å². The molecule has 0 amide bonds. The minimum Gasteiger partial charge on any atom is -0.491 e. The van der Waals surface area contributed by atoms with Crippen molar-refractivity contribution >= 4 is 55.1 Å². The highest BCUT2D eigenvalue weighted by Gasteiger charge is 2.30. The van der Waals surface area contributed by atoms with Gasteiger partial charge in [-0.15, -0.1) is 0 Å². The molecular weight excluding hydrogens is 566 g/mol. The molecule has 0 fully saturated rings. The predicted molar refractivity (Wildman–Crippen MR) is 112 cm³/mol. The lowest BCUT2D eigenvalue weighted by atomic mass is 10.3. The summed E-state index contributed by atoms with van der Waals surface area (Å²) < 4.78 is 55.5. The van der Waals surface area contributed by atoms with Crippen molar-refractivity contribution in [2.45, 2.75) is 12.6 Å². The first-order chi connectivity index (χ1) is 13.7. The van der Waals surface area contributed by atoms with Crippen LogP contribution in [0.15, 0.2) is 50.0 Å². The van der Waals surface area contributed by atoms with Crippen molar-refractivity contribution in [1.82, 2.24) is 4.98 Å². The maximum absolute atomic E-state index is 12.5. The fourth-order valence-corrected chi connectivity index (χ4v) is 3.50. The zero-order valence-corrected chi connectivity index (χ0v) is 19.3. The first-order valence-electron chi connectivity index (χ1n) is 8.08. The summed E-state index contributed by atoms with van der Waals surface area (Å²) in [7, 11) is 0. The summed E-state index contributed by atoms with van der Waals surface area (Å²) in [6.07, 6.45) is -1.67. The SMILES string of the molecule is FC(F)(F)c1ccc(OCCCOc2c(Br)cc(OCC=C(Cl)Cl)cc2Br)nc1. The van der Waals surface area contributed by atoms with Gasteiger partial charge < -0.3 is 14.2 Å². The van der Waals surface area contributed by atoms with Gasteiger partial charge in [-0.3, -0.25) is 0 Å². The summed E-state index contributed by atoms with van der Waals surface area (Å²) in [6, 6.07) is 5.58. The van der Waals surface area contributed by atoms with Crippen molar-refractivity contribution in [1.29, 1.82) is 0 Å². The average molecular weight is 580 g/mol. The van der Waals surface area contributed by atoms with Crippen molar-refractivity contribution in [3.63, 3.8) is 0 Å². The third kappa shape index (κ3) is 8.24. The summed E-state index contributed by atoms with van der Waals surface area (Å²) in [5.41, 5.74) is -0.822. The van der Waals surface area contributed by atoms with Crippen LogP contribution in [0, 0.1) is 0 Å². The van der Waals surface area contributed by atoms with Gasteiger partial charge in [0.1, 0.15) is 22.6 Å². The number of nitrogens with zero attached hydrogens (tertiary/aromatic N) is 1. The van der Waals surface area contributed by atoms with Gasteiger partial charge in [0.25, 0.3) is 0 Å². The summed E-state index contributed by atoms with van der Waals surface area (Å²) >= 11 is 17.9. The molecule has 0 saturated heterocycles. The molecule has 2 rings (SSSR count). The molecule has 1 heterocycles. The molecule has 0 atom stereocenters. The Balaban J connectivity index is 1.79. The number of halogens is 7. The molecule has 0 aliphatic rings. The standard InChI is InChI=1S/C18H14Br2Cl2F3NO3/c19-13-8-12(27-7-4-15(21)22)9-14(20)17(13)29-6-1-5-28-16-3-2-11(10-26-16)18(23,24)25/h2-4,8-10H,1,5-7H2. The second kappa shape index (κ2) is 11.3. The Morgan fingerprint density at radius 3 is 2.24 bits per heavy atom. The van der Waals surface area contributed by atoms with Crippen LogP contribution in [0.25, 0.3) is 0 Å². The Kier molecular flexibility index (Phi) is 9.39. The minimum atomic E-state index is -4.42. The number of rotatable bonds is 9. The van der Waals surface area contributed by atoms with Crippen molar-refractivity contribution in [3.05, 3.63) is 55.5 Å². The normalized spacial score (nSPS) is 11.1. The maximum atomic E-state index is 12.5. The van der Waals surface area contributed by atoms with Gasteiger partial charge in [0.2, 0.25) is 5.88 Å². The molecular formula is C18H14Br2Cl2F3NO3. The van der Waals surface area contributed by atoms with Gasteiger partial charge in [-0.1, -0.05) is 23.2 Å². The number of hydrogen-bond acceptors (Lipinski definition) is 4. The number of benzene rings is 1. The first kappa shape index (κ1) is 24.1. The molecule has 1 aromatic carbocycles. The Hall–Kier alpha value is -1.16. The Labute approximate surface area is 192 Å². The predicted octanol–water partition coefficient (Wildman–Crippen LogP) is 7.17. The van der Waals surface area contributed by atoms with Crippen molar-refractivity contribution < 1.29 is 27.4 Å². The monoisotopic (exact) mass is 577 g/mol. The van der Waals surface area contributed by atoms with Gasteiger partial charge in [-0.25, -0.2) is 4.98 Å². The molecule has 0 aliphatic heterocycles. The largest absolute Gasteiger partial charge is 0.491 e. The number of ether oxygens (including phenoxy) is 3. The van der Waals surface area contributed by atoms with E-state index >= 15 is 0 Å². The number of pyridine rings is 1. The van der Waals surface area contributed by atoms with E-state index in [4.69, 9.17) is 37.4 Å². The highest BCUT2D eigenvalue weighted by Crippen LogP contribution is 2.37.